The number of rotatable bonds is 12. The Labute approximate surface area is 183 Å². The van der Waals surface area contributed by atoms with E-state index in [1.54, 1.807) is 31.2 Å². The van der Waals surface area contributed by atoms with Crippen molar-refractivity contribution in [3.63, 3.8) is 0 Å². The normalized spacial score (nSPS) is 19.4. The van der Waals surface area contributed by atoms with Gasteiger partial charge in [0.05, 0.1) is 18.8 Å². The lowest BCUT2D eigenvalue weighted by Gasteiger charge is -2.34. The number of carbonyl (C=O) groups excluding carboxylic acids is 2. The first-order chi connectivity index (χ1) is 14.7. The molecule has 0 aromatic heterocycles. The molecule has 170 valence electrons. The summed E-state index contributed by atoms with van der Waals surface area (Å²) in [6.45, 7) is 9.07. The van der Waals surface area contributed by atoms with Crippen LogP contribution in [0.3, 0.4) is 0 Å². The Morgan fingerprint density at radius 3 is 2.61 bits per heavy atom. The van der Waals surface area contributed by atoms with E-state index in [-0.39, 0.29) is 24.7 Å². The van der Waals surface area contributed by atoms with Gasteiger partial charge >= 0.3 is 0 Å². The Bertz CT molecular complexity index is 816. The van der Waals surface area contributed by atoms with Crippen LogP contribution in [0.15, 0.2) is 43.5 Å². The van der Waals surface area contributed by atoms with Crippen LogP contribution in [0.1, 0.15) is 51.0 Å². The van der Waals surface area contributed by atoms with Crippen LogP contribution < -0.4 is 15.4 Å². The van der Waals surface area contributed by atoms with Crippen molar-refractivity contribution in [1.82, 2.24) is 10.6 Å². The van der Waals surface area contributed by atoms with Crippen molar-refractivity contribution in [2.24, 2.45) is 0 Å². The molecular formula is C24H33FN2O4. The highest BCUT2D eigenvalue weighted by atomic mass is 19.1. The molecule has 0 aliphatic carbocycles. The minimum Gasteiger partial charge on any atom is -0.497 e. The van der Waals surface area contributed by atoms with Crippen molar-refractivity contribution in [3.05, 3.63) is 54.9 Å². The number of carbonyl (C=O) groups is 2. The maximum absolute atomic E-state index is 14.5. The molecule has 1 heterocycles. The maximum atomic E-state index is 14.5. The number of methoxy groups -OCH3 is 1. The van der Waals surface area contributed by atoms with Gasteiger partial charge in [0.15, 0.2) is 0 Å². The van der Waals surface area contributed by atoms with Crippen LogP contribution in [-0.4, -0.2) is 41.2 Å². The summed E-state index contributed by atoms with van der Waals surface area (Å²) in [6, 6.07) is 4.13. The van der Waals surface area contributed by atoms with Crippen LogP contribution in [-0.2, 0) is 16.0 Å². The van der Waals surface area contributed by atoms with E-state index >= 15 is 0 Å². The zero-order chi connectivity index (χ0) is 23.1. The first kappa shape index (κ1) is 24.6. The summed E-state index contributed by atoms with van der Waals surface area (Å²) in [5, 5.41) is 16.6. The van der Waals surface area contributed by atoms with Gasteiger partial charge in [0.1, 0.15) is 11.6 Å². The molecule has 1 aliphatic heterocycles. The minimum absolute atomic E-state index is 0.103. The second-order valence-electron chi connectivity index (χ2n) is 8.34. The van der Waals surface area contributed by atoms with Gasteiger partial charge in [-0.1, -0.05) is 18.2 Å². The van der Waals surface area contributed by atoms with E-state index in [1.807, 2.05) is 0 Å². The first-order valence-electron chi connectivity index (χ1n) is 10.5. The lowest BCUT2D eigenvalue weighted by atomic mass is 9.84. The van der Waals surface area contributed by atoms with Gasteiger partial charge in [-0.3, -0.25) is 9.59 Å². The fourth-order valence-corrected chi connectivity index (χ4v) is 4.08. The second kappa shape index (κ2) is 10.6. The number of nitrogens with one attached hydrogen (secondary N) is 2. The number of amides is 2. The molecule has 1 aromatic rings. The van der Waals surface area contributed by atoms with Crippen LogP contribution in [0.2, 0.25) is 0 Å². The fraction of sp³-hybridized carbons (Fsp3) is 0.500. The summed E-state index contributed by atoms with van der Waals surface area (Å²) in [5.74, 6) is -0.327. The van der Waals surface area contributed by atoms with Crippen LogP contribution in [0.5, 0.6) is 5.75 Å². The predicted molar refractivity (Wildman–Crippen MR) is 118 cm³/mol. The summed E-state index contributed by atoms with van der Waals surface area (Å²) in [4.78, 5) is 24.6. The molecule has 2 atom stereocenters. The van der Waals surface area contributed by atoms with Gasteiger partial charge in [0.2, 0.25) is 11.8 Å². The van der Waals surface area contributed by atoms with Crippen molar-refractivity contribution in [1.29, 1.82) is 0 Å². The Balaban J connectivity index is 2.06. The largest absolute Gasteiger partial charge is 0.497 e. The zero-order valence-electron chi connectivity index (χ0n) is 18.4. The summed E-state index contributed by atoms with van der Waals surface area (Å²) < 4.78 is 19.5. The topological polar surface area (TPSA) is 87.7 Å². The molecule has 0 saturated carbocycles. The molecule has 0 bridgehead atoms. The van der Waals surface area contributed by atoms with Crippen molar-refractivity contribution < 1.29 is 23.8 Å². The Kier molecular flexibility index (Phi) is 8.39. The Hall–Kier alpha value is -2.67. The van der Waals surface area contributed by atoms with E-state index in [0.29, 0.717) is 43.4 Å². The number of aliphatic hydroxyl groups is 1. The fourth-order valence-electron chi connectivity index (χ4n) is 4.08. The average Bonchev–Trinajstić information content (AvgIpc) is 3.09. The molecule has 0 radical (unpaired) electrons. The van der Waals surface area contributed by atoms with Crippen molar-refractivity contribution in [2.45, 2.75) is 69.1 Å². The van der Waals surface area contributed by atoms with Crippen molar-refractivity contribution >= 4 is 11.8 Å². The van der Waals surface area contributed by atoms with Crippen LogP contribution in [0.4, 0.5) is 4.39 Å². The molecule has 1 saturated heterocycles. The van der Waals surface area contributed by atoms with Gasteiger partial charge in [-0.05, 0) is 50.7 Å². The van der Waals surface area contributed by atoms with Crippen LogP contribution in [0.25, 0.3) is 0 Å². The molecule has 31 heavy (non-hydrogen) atoms. The summed E-state index contributed by atoms with van der Waals surface area (Å²) >= 11 is 0. The summed E-state index contributed by atoms with van der Waals surface area (Å²) in [7, 11) is 1.47. The Morgan fingerprint density at radius 1 is 1.42 bits per heavy atom. The van der Waals surface area contributed by atoms with E-state index in [1.165, 1.54) is 13.2 Å². The molecule has 6 nitrogen and oxygen atoms in total. The van der Waals surface area contributed by atoms with Gasteiger partial charge in [-0.2, -0.15) is 0 Å². The van der Waals surface area contributed by atoms with Crippen molar-refractivity contribution in [3.8, 4) is 5.75 Å². The molecule has 1 aromatic carbocycles. The van der Waals surface area contributed by atoms with E-state index in [0.717, 1.165) is 0 Å². The van der Waals surface area contributed by atoms with Gasteiger partial charge in [0, 0.05) is 24.4 Å². The molecule has 2 rings (SSSR count). The molecule has 2 amide bonds. The van der Waals surface area contributed by atoms with E-state index < -0.39 is 23.0 Å². The standard InChI is InChI=1S/C24H33FN2O4/c1-5-11-24(30,12-6-2)17(3)26-21(28)9-13-23(14-10-22(29)27-23)16-18-7-8-19(31-4)15-20(18)25/h5-8,15,17,30H,1-2,9-14,16H2,3-4H3,(H,26,28)(H,27,29)/t17-,23-/m1/s1. The molecule has 1 fully saturated rings. The van der Waals surface area contributed by atoms with Gasteiger partial charge in [-0.15, -0.1) is 13.2 Å². The quantitative estimate of drug-likeness (QED) is 0.443. The smallest absolute Gasteiger partial charge is 0.220 e. The van der Waals surface area contributed by atoms with E-state index in [2.05, 4.69) is 23.8 Å². The second-order valence-corrected chi connectivity index (χ2v) is 8.34. The molecule has 7 heteroatoms. The molecule has 0 unspecified atom stereocenters. The van der Waals surface area contributed by atoms with Gasteiger partial charge < -0.3 is 20.5 Å². The number of hydrogen-bond donors (Lipinski definition) is 3. The molecule has 3 N–H and O–H groups in total. The lowest BCUT2D eigenvalue weighted by molar-refractivity contribution is -0.125. The third-order valence-electron chi connectivity index (χ3n) is 6.03. The van der Waals surface area contributed by atoms with Gasteiger partial charge in [0.25, 0.3) is 0 Å². The number of hydrogen-bond acceptors (Lipinski definition) is 4. The molecule has 0 spiro atoms. The maximum Gasteiger partial charge on any atom is 0.220 e. The lowest BCUT2D eigenvalue weighted by Crippen LogP contribution is -2.51. The first-order valence-corrected chi connectivity index (χ1v) is 10.5. The highest BCUT2D eigenvalue weighted by molar-refractivity contribution is 5.80. The average molecular weight is 433 g/mol. The SMILES string of the molecule is C=CCC(O)(CC=C)[C@@H](C)NC(=O)CC[C@]1(Cc2ccc(OC)cc2F)CCC(=O)N1. The third-order valence-corrected chi connectivity index (χ3v) is 6.03. The molecular weight excluding hydrogens is 399 g/mol. The van der Waals surface area contributed by atoms with Gasteiger partial charge in [-0.25, -0.2) is 4.39 Å². The third kappa shape index (κ3) is 6.40. The summed E-state index contributed by atoms with van der Waals surface area (Å²) in [6.07, 6.45) is 5.51. The zero-order valence-corrected chi connectivity index (χ0v) is 18.4. The number of benzene rings is 1. The van der Waals surface area contributed by atoms with Crippen molar-refractivity contribution in [2.75, 3.05) is 7.11 Å². The van der Waals surface area contributed by atoms with Crippen LogP contribution >= 0.6 is 0 Å². The predicted octanol–water partition coefficient (Wildman–Crippen LogP) is 3.19. The minimum atomic E-state index is -1.16. The van der Waals surface area contributed by atoms with E-state index in [9.17, 15) is 19.1 Å². The Morgan fingerprint density at radius 2 is 2.10 bits per heavy atom. The number of ether oxygens (including phenoxy) is 1. The molecule has 1 aliphatic rings. The highest BCUT2D eigenvalue weighted by Gasteiger charge is 2.39. The summed E-state index contributed by atoms with van der Waals surface area (Å²) in [5.41, 5.74) is -1.39. The number of halogens is 1. The monoisotopic (exact) mass is 432 g/mol. The highest BCUT2D eigenvalue weighted by Crippen LogP contribution is 2.31. The van der Waals surface area contributed by atoms with Crippen LogP contribution in [0, 0.1) is 5.82 Å². The van der Waals surface area contributed by atoms with E-state index in [4.69, 9.17) is 4.74 Å².